The highest BCUT2D eigenvalue weighted by atomic mass is 19.1. The van der Waals surface area contributed by atoms with Crippen LogP contribution >= 0.6 is 0 Å². The van der Waals surface area contributed by atoms with E-state index in [0.29, 0.717) is 24.2 Å². The molecule has 0 bridgehead atoms. The summed E-state index contributed by atoms with van der Waals surface area (Å²) in [6, 6.07) is 6.96. The Kier molecular flexibility index (Phi) is 10.0. The van der Waals surface area contributed by atoms with Gasteiger partial charge in [0.1, 0.15) is 11.4 Å². The van der Waals surface area contributed by atoms with Crippen LogP contribution in [0, 0.1) is 11.8 Å². The van der Waals surface area contributed by atoms with Crippen molar-refractivity contribution in [2.24, 2.45) is 11.8 Å². The van der Waals surface area contributed by atoms with E-state index in [9.17, 15) is 23.6 Å². The van der Waals surface area contributed by atoms with E-state index in [2.05, 4.69) is 36.4 Å². The number of ketones is 1. The normalized spacial score (nSPS) is 14.9. The highest BCUT2D eigenvalue weighted by molar-refractivity contribution is 6.01. The third-order valence-corrected chi connectivity index (χ3v) is 4.97. The maximum Gasteiger partial charge on any atom is 0.268 e. The van der Waals surface area contributed by atoms with Gasteiger partial charge >= 0.3 is 0 Å². The van der Waals surface area contributed by atoms with Crippen molar-refractivity contribution in [1.82, 2.24) is 20.5 Å². The number of aromatic nitrogens is 1. The molecule has 3 rings (SSSR count). The van der Waals surface area contributed by atoms with Gasteiger partial charge in [-0.05, 0) is 30.5 Å². The molecule has 2 aromatic rings. The third kappa shape index (κ3) is 7.57. The molecular formula is C24H33FN4O5. The smallest absolute Gasteiger partial charge is 0.268 e. The average molecular weight is 477 g/mol. The van der Waals surface area contributed by atoms with Gasteiger partial charge < -0.3 is 25.3 Å². The van der Waals surface area contributed by atoms with Gasteiger partial charge in [-0.25, -0.2) is 4.39 Å². The molecule has 0 spiro atoms. The van der Waals surface area contributed by atoms with Gasteiger partial charge in [0.15, 0.2) is 12.5 Å². The molecular weight excluding hydrogens is 443 g/mol. The maximum atomic E-state index is 12.9. The zero-order chi connectivity index (χ0) is 25.3. The summed E-state index contributed by atoms with van der Waals surface area (Å²) in [5, 5.41) is 5.86. The number of H-pyrrole nitrogens is 1. The van der Waals surface area contributed by atoms with Crippen molar-refractivity contribution in [2.75, 3.05) is 40.0 Å². The lowest BCUT2D eigenvalue weighted by Crippen LogP contribution is -2.44. The molecule has 0 aliphatic carbocycles. The number of nitrogens with one attached hydrogen (secondary N) is 3. The summed E-state index contributed by atoms with van der Waals surface area (Å²) in [6.07, 6.45) is 0.518. The highest BCUT2D eigenvalue weighted by Gasteiger charge is 2.29. The Hall–Kier alpha value is -3.43. The summed E-state index contributed by atoms with van der Waals surface area (Å²) in [4.78, 5) is 52.2. The Balaban J connectivity index is 0.000000945. The van der Waals surface area contributed by atoms with E-state index in [-0.39, 0.29) is 31.2 Å². The average Bonchev–Trinajstić information content (AvgIpc) is 3.42. The molecule has 1 aromatic carbocycles. The van der Waals surface area contributed by atoms with Gasteiger partial charge in [0.25, 0.3) is 11.8 Å². The first-order valence-corrected chi connectivity index (χ1v) is 11.2. The van der Waals surface area contributed by atoms with Gasteiger partial charge in [0, 0.05) is 24.0 Å². The molecule has 9 nitrogen and oxygen atoms in total. The maximum absolute atomic E-state index is 12.9. The molecule has 0 radical (unpaired) electrons. The van der Waals surface area contributed by atoms with Gasteiger partial charge in [-0.3, -0.25) is 19.2 Å². The van der Waals surface area contributed by atoms with Crippen LogP contribution in [0.3, 0.4) is 0 Å². The SMILES string of the molecule is CC(C)C.COc1cccc2[nH]c(C(=O)NCC(=O)CN(C[C@@H]3CCNC3=O)C(=O)CF)cc12. The molecule has 34 heavy (non-hydrogen) atoms. The second-order valence-corrected chi connectivity index (χ2v) is 8.74. The molecule has 1 saturated heterocycles. The second-order valence-electron chi connectivity index (χ2n) is 8.74. The number of Topliss-reactive ketones (excluding diaryl/α,β-unsaturated/α-hetero) is 1. The topological polar surface area (TPSA) is 121 Å². The second kappa shape index (κ2) is 12.7. The number of methoxy groups -OCH3 is 1. The van der Waals surface area contributed by atoms with E-state index >= 15 is 0 Å². The first kappa shape index (κ1) is 26.8. The number of fused-ring (bicyclic) bond motifs is 1. The van der Waals surface area contributed by atoms with E-state index in [1.807, 2.05) is 0 Å². The predicted molar refractivity (Wildman–Crippen MR) is 126 cm³/mol. The van der Waals surface area contributed by atoms with Gasteiger partial charge in [0.05, 0.1) is 26.1 Å². The van der Waals surface area contributed by atoms with E-state index in [1.54, 1.807) is 24.3 Å². The number of alkyl halides is 1. The van der Waals surface area contributed by atoms with Crippen molar-refractivity contribution >= 4 is 34.4 Å². The predicted octanol–water partition coefficient (Wildman–Crippen LogP) is 2.07. The fraction of sp³-hybridized carbons (Fsp3) is 0.500. The Morgan fingerprint density at radius 3 is 2.56 bits per heavy atom. The van der Waals surface area contributed by atoms with E-state index in [1.165, 1.54) is 7.11 Å². The quantitative estimate of drug-likeness (QED) is 0.512. The molecule has 0 unspecified atom stereocenters. The van der Waals surface area contributed by atoms with Gasteiger partial charge in [-0.15, -0.1) is 0 Å². The minimum absolute atomic E-state index is 0.0317. The molecule has 1 aliphatic rings. The summed E-state index contributed by atoms with van der Waals surface area (Å²) in [5.41, 5.74) is 0.960. The zero-order valence-corrected chi connectivity index (χ0v) is 20.1. The van der Waals surface area contributed by atoms with Crippen LogP contribution in [0.2, 0.25) is 0 Å². The molecule has 1 atom stereocenters. The van der Waals surface area contributed by atoms with Gasteiger partial charge in [0.2, 0.25) is 5.91 Å². The fourth-order valence-electron chi connectivity index (χ4n) is 3.39. The van der Waals surface area contributed by atoms with Crippen LogP contribution in [0.5, 0.6) is 5.75 Å². The number of carbonyl (C=O) groups is 4. The number of nitrogens with zero attached hydrogens (tertiary/aromatic N) is 1. The van der Waals surface area contributed by atoms with E-state index in [0.717, 1.165) is 16.2 Å². The number of aromatic amines is 1. The van der Waals surface area contributed by atoms with Crippen molar-refractivity contribution in [3.8, 4) is 5.75 Å². The lowest BCUT2D eigenvalue weighted by molar-refractivity contribution is -0.137. The summed E-state index contributed by atoms with van der Waals surface area (Å²) >= 11 is 0. The van der Waals surface area contributed by atoms with Gasteiger partial charge in [-0.2, -0.15) is 0 Å². The zero-order valence-electron chi connectivity index (χ0n) is 20.1. The molecule has 1 fully saturated rings. The van der Waals surface area contributed by atoms with Crippen LogP contribution in [0.1, 0.15) is 37.7 Å². The Morgan fingerprint density at radius 1 is 1.26 bits per heavy atom. The standard InChI is InChI=1S/C20H23FN4O5.C4H10/c1-30-17-4-2-3-15-14(17)7-16(24-15)20(29)23-9-13(26)11-25(18(27)8-21)10-12-5-6-22-19(12)28;1-4(2)3/h2-4,7,12,24H,5-6,8-11H2,1H3,(H,22,28)(H,23,29);4H,1-3H3/t12-;/m0./s1. The first-order valence-electron chi connectivity index (χ1n) is 11.2. The van der Waals surface area contributed by atoms with Crippen LogP contribution in [-0.4, -0.2) is 73.4 Å². The lowest BCUT2D eigenvalue weighted by atomic mass is 10.1. The number of carbonyl (C=O) groups excluding carboxylic acids is 4. The minimum atomic E-state index is -1.26. The molecule has 10 heteroatoms. The van der Waals surface area contributed by atoms with Crippen molar-refractivity contribution in [3.63, 3.8) is 0 Å². The van der Waals surface area contributed by atoms with Crippen molar-refractivity contribution in [2.45, 2.75) is 27.2 Å². The van der Waals surface area contributed by atoms with Gasteiger partial charge in [-0.1, -0.05) is 26.8 Å². The monoisotopic (exact) mass is 476 g/mol. The van der Waals surface area contributed by atoms with Crippen LogP contribution in [0.15, 0.2) is 24.3 Å². The number of benzene rings is 1. The lowest BCUT2D eigenvalue weighted by Gasteiger charge is -2.23. The number of ether oxygens (including phenoxy) is 1. The molecule has 3 amide bonds. The van der Waals surface area contributed by atoms with Crippen LogP contribution < -0.4 is 15.4 Å². The number of rotatable bonds is 9. The molecule has 3 N–H and O–H groups in total. The van der Waals surface area contributed by atoms with E-state index in [4.69, 9.17) is 4.74 Å². The number of amides is 3. The largest absolute Gasteiger partial charge is 0.496 e. The first-order chi connectivity index (χ1) is 16.2. The Bertz CT molecular complexity index is 1020. The number of halogens is 1. The minimum Gasteiger partial charge on any atom is -0.496 e. The molecule has 0 saturated carbocycles. The van der Waals surface area contributed by atoms with Crippen molar-refractivity contribution < 1.29 is 28.3 Å². The molecule has 2 heterocycles. The summed E-state index contributed by atoms with van der Waals surface area (Å²) in [5.74, 6) is -1.09. The fourth-order valence-corrected chi connectivity index (χ4v) is 3.39. The van der Waals surface area contributed by atoms with Crippen LogP contribution in [-0.2, 0) is 14.4 Å². The summed E-state index contributed by atoms with van der Waals surface area (Å²) in [7, 11) is 1.53. The third-order valence-electron chi connectivity index (χ3n) is 4.97. The van der Waals surface area contributed by atoms with Crippen LogP contribution in [0.25, 0.3) is 10.9 Å². The summed E-state index contributed by atoms with van der Waals surface area (Å²) in [6.45, 7) is 4.98. The molecule has 186 valence electrons. The summed E-state index contributed by atoms with van der Waals surface area (Å²) < 4.78 is 18.1. The number of hydrogen-bond acceptors (Lipinski definition) is 5. The molecule has 1 aliphatic heterocycles. The van der Waals surface area contributed by atoms with Crippen molar-refractivity contribution in [3.05, 3.63) is 30.0 Å². The Morgan fingerprint density at radius 2 is 1.97 bits per heavy atom. The molecule has 1 aromatic heterocycles. The van der Waals surface area contributed by atoms with Crippen molar-refractivity contribution in [1.29, 1.82) is 0 Å². The van der Waals surface area contributed by atoms with Crippen LogP contribution in [0.4, 0.5) is 4.39 Å². The Labute approximate surface area is 198 Å². The highest BCUT2D eigenvalue weighted by Crippen LogP contribution is 2.25. The van der Waals surface area contributed by atoms with E-state index < -0.39 is 30.2 Å². The number of hydrogen-bond donors (Lipinski definition) is 3.